The van der Waals surface area contributed by atoms with Crippen LogP contribution in [0.4, 0.5) is 5.69 Å². The predicted molar refractivity (Wildman–Crippen MR) is 112 cm³/mol. The molecular weight excluding hydrogens is 392 g/mol. The summed E-state index contributed by atoms with van der Waals surface area (Å²) in [5.41, 5.74) is 1.33. The molecule has 2 heterocycles. The summed E-state index contributed by atoms with van der Waals surface area (Å²) in [5, 5.41) is 0. The molecule has 0 radical (unpaired) electrons. The molecule has 9 heteroatoms. The number of nitrogens with zero attached hydrogens (tertiary/aromatic N) is 2. The molecule has 1 saturated heterocycles. The summed E-state index contributed by atoms with van der Waals surface area (Å²) >= 11 is 0. The molecule has 8 nitrogen and oxygen atoms in total. The second-order valence-corrected chi connectivity index (χ2v) is 9.29. The van der Waals surface area contributed by atoms with Crippen molar-refractivity contribution in [3.05, 3.63) is 68.7 Å². The Morgan fingerprint density at radius 2 is 1.59 bits per heavy atom. The zero-order valence-electron chi connectivity index (χ0n) is 16.2. The highest BCUT2D eigenvalue weighted by Crippen LogP contribution is 2.25. The average Bonchev–Trinajstić information content (AvgIpc) is 2.69. The molecule has 3 aromatic rings. The van der Waals surface area contributed by atoms with Crippen LogP contribution in [0.15, 0.2) is 56.9 Å². The van der Waals surface area contributed by atoms with E-state index in [2.05, 4.69) is 27.0 Å². The van der Waals surface area contributed by atoms with Crippen LogP contribution in [0.1, 0.15) is 12.5 Å². The summed E-state index contributed by atoms with van der Waals surface area (Å²) in [5.74, 6) is 0. The first-order valence-corrected chi connectivity index (χ1v) is 10.8. The predicted octanol–water partition coefficient (Wildman–Crippen LogP) is 1.42. The maximum Gasteiger partial charge on any atom is 0.314 e. The Balaban J connectivity index is 1.60. The standard InChI is InChI=1S/C20H22N4O4S/c1-13-3-5-15(6-4-13)24-10-9-23(12-14(24)2)29(27,28)16-7-8-17-18(11-16)22-20(26)19(25)21-17/h3-8,11,14H,9-10,12H2,1-2H3,(H,21,25)(H,22,26). The minimum atomic E-state index is -3.73. The van der Waals surface area contributed by atoms with Crippen molar-refractivity contribution < 1.29 is 8.42 Å². The van der Waals surface area contributed by atoms with Gasteiger partial charge >= 0.3 is 11.1 Å². The zero-order chi connectivity index (χ0) is 20.8. The van der Waals surface area contributed by atoms with Gasteiger partial charge < -0.3 is 14.9 Å². The largest absolute Gasteiger partial charge is 0.366 e. The van der Waals surface area contributed by atoms with E-state index in [1.54, 1.807) is 0 Å². The first-order chi connectivity index (χ1) is 13.8. The van der Waals surface area contributed by atoms with Gasteiger partial charge in [-0.05, 0) is 44.2 Å². The second-order valence-electron chi connectivity index (χ2n) is 7.36. The van der Waals surface area contributed by atoms with Gasteiger partial charge in [-0.15, -0.1) is 0 Å². The minimum absolute atomic E-state index is 0.0119. The van der Waals surface area contributed by atoms with Crippen LogP contribution in [-0.4, -0.2) is 48.4 Å². The molecule has 1 aliphatic rings. The second kappa shape index (κ2) is 7.16. The maximum absolute atomic E-state index is 13.2. The van der Waals surface area contributed by atoms with Crippen LogP contribution in [0, 0.1) is 6.92 Å². The van der Waals surface area contributed by atoms with E-state index in [-0.39, 0.29) is 16.5 Å². The fourth-order valence-corrected chi connectivity index (χ4v) is 5.20. The summed E-state index contributed by atoms with van der Waals surface area (Å²) < 4.78 is 27.8. The van der Waals surface area contributed by atoms with Crippen LogP contribution >= 0.6 is 0 Å². The number of H-pyrrole nitrogens is 2. The lowest BCUT2D eigenvalue weighted by Crippen LogP contribution is -2.53. The molecule has 0 bridgehead atoms. The molecule has 1 aliphatic heterocycles. The summed E-state index contributed by atoms with van der Waals surface area (Å²) in [6.45, 7) is 5.34. The molecule has 1 fully saturated rings. The van der Waals surface area contributed by atoms with E-state index in [1.165, 1.54) is 28.1 Å². The number of nitrogens with one attached hydrogen (secondary N) is 2. The Morgan fingerprint density at radius 1 is 0.931 bits per heavy atom. The monoisotopic (exact) mass is 414 g/mol. The van der Waals surface area contributed by atoms with Gasteiger partial charge in [0.1, 0.15) is 0 Å². The lowest BCUT2D eigenvalue weighted by molar-refractivity contribution is 0.342. The lowest BCUT2D eigenvalue weighted by Gasteiger charge is -2.40. The van der Waals surface area contributed by atoms with Gasteiger partial charge in [-0.1, -0.05) is 17.7 Å². The average molecular weight is 414 g/mol. The third kappa shape index (κ3) is 3.58. The summed E-state index contributed by atoms with van der Waals surface area (Å²) in [6, 6.07) is 12.5. The van der Waals surface area contributed by atoms with E-state index < -0.39 is 21.1 Å². The molecule has 0 spiro atoms. The number of rotatable bonds is 3. The Hall–Kier alpha value is -2.91. The molecule has 0 saturated carbocycles. The van der Waals surface area contributed by atoms with Gasteiger partial charge in [0, 0.05) is 31.4 Å². The maximum atomic E-state index is 13.2. The fourth-order valence-electron chi connectivity index (χ4n) is 3.67. The van der Waals surface area contributed by atoms with E-state index in [0.29, 0.717) is 25.2 Å². The first kappa shape index (κ1) is 19.4. The van der Waals surface area contributed by atoms with Crippen molar-refractivity contribution in [2.45, 2.75) is 24.8 Å². The zero-order valence-corrected chi connectivity index (χ0v) is 17.0. The van der Waals surface area contributed by atoms with Gasteiger partial charge in [0.25, 0.3) is 0 Å². The molecule has 2 N–H and O–H groups in total. The molecule has 29 heavy (non-hydrogen) atoms. The van der Waals surface area contributed by atoms with Crippen molar-refractivity contribution >= 4 is 26.7 Å². The van der Waals surface area contributed by atoms with Gasteiger partial charge in [0.2, 0.25) is 10.0 Å². The third-order valence-electron chi connectivity index (χ3n) is 5.29. The van der Waals surface area contributed by atoms with Gasteiger partial charge in [0.05, 0.1) is 15.9 Å². The van der Waals surface area contributed by atoms with Gasteiger partial charge in [0.15, 0.2) is 0 Å². The van der Waals surface area contributed by atoms with Crippen LogP contribution in [0.3, 0.4) is 0 Å². The van der Waals surface area contributed by atoms with Crippen LogP contribution < -0.4 is 16.0 Å². The lowest BCUT2D eigenvalue weighted by atomic mass is 10.1. The van der Waals surface area contributed by atoms with E-state index in [0.717, 1.165) is 5.69 Å². The van der Waals surface area contributed by atoms with Crippen LogP contribution in [0.5, 0.6) is 0 Å². The summed E-state index contributed by atoms with van der Waals surface area (Å²) in [7, 11) is -3.73. The number of anilines is 1. The van der Waals surface area contributed by atoms with Crippen molar-refractivity contribution in [3.63, 3.8) is 0 Å². The minimum Gasteiger partial charge on any atom is -0.366 e. The molecular formula is C20H22N4O4S. The SMILES string of the molecule is Cc1ccc(N2CCN(S(=O)(=O)c3ccc4[nH]c(=O)c(=O)[nH]c4c3)CC2C)cc1. The molecule has 0 amide bonds. The molecule has 1 aromatic heterocycles. The van der Waals surface area contributed by atoms with Crippen molar-refractivity contribution in [1.29, 1.82) is 0 Å². The number of piperazine rings is 1. The molecule has 2 aromatic carbocycles. The van der Waals surface area contributed by atoms with Crippen molar-refractivity contribution in [3.8, 4) is 0 Å². The van der Waals surface area contributed by atoms with Gasteiger partial charge in [-0.25, -0.2) is 8.42 Å². The number of fused-ring (bicyclic) bond motifs is 1. The Kier molecular flexibility index (Phi) is 4.79. The number of sulfonamides is 1. The highest BCUT2D eigenvalue weighted by Gasteiger charge is 2.32. The van der Waals surface area contributed by atoms with Crippen LogP contribution in [0.2, 0.25) is 0 Å². The third-order valence-corrected chi connectivity index (χ3v) is 7.15. The number of aromatic amines is 2. The number of aromatic nitrogens is 2. The summed E-state index contributed by atoms with van der Waals surface area (Å²) in [6.07, 6.45) is 0. The molecule has 1 unspecified atom stereocenters. The Morgan fingerprint density at radius 3 is 2.24 bits per heavy atom. The topological polar surface area (TPSA) is 106 Å². The number of benzene rings is 2. The molecule has 0 aliphatic carbocycles. The molecule has 4 rings (SSSR count). The number of hydrogen-bond acceptors (Lipinski definition) is 5. The molecule has 152 valence electrons. The van der Waals surface area contributed by atoms with Crippen molar-refractivity contribution in [2.75, 3.05) is 24.5 Å². The van der Waals surface area contributed by atoms with Crippen LogP contribution in [0.25, 0.3) is 11.0 Å². The Bertz CT molecular complexity index is 1280. The first-order valence-electron chi connectivity index (χ1n) is 9.35. The van der Waals surface area contributed by atoms with E-state index in [1.807, 2.05) is 26.0 Å². The number of aryl methyl sites for hydroxylation is 1. The van der Waals surface area contributed by atoms with Crippen LogP contribution in [-0.2, 0) is 10.0 Å². The van der Waals surface area contributed by atoms with Crippen molar-refractivity contribution in [1.82, 2.24) is 14.3 Å². The van der Waals surface area contributed by atoms with Gasteiger partial charge in [-0.2, -0.15) is 4.31 Å². The van der Waals surface area contributed by atoms with Crippen molar-refractivity contribution in [2.24, 2.45) is 0 Å². The number of hydrogen-bond donors (Lipinski definition) is 2. The van der Waals surface area contributed by atoms with E-state index >= 15 is 0 Å². The highest BCUT2D eigenvalue weighted by atomic mass is 32.2. The Labute approximate surface area is 167 Å². The normalized spacial score (nSPS) is 18.3. The quantitative estimate of drug-likeness (QED) is 0.631. The molecule has 1 atom stereocenters. The van der Waals surface area contributed by atoms with E-state index in [4.69, 9.17) is 0 Å². The van der Waals surface area contributed by atoms with E-state index in [9.17, 15) is 18.0 Å². The van der Waals surface area contributed by atoms with Gasteiger partial charge in [-0.3, -0.25) is 9.59 Å². The highest BCUT2D eigenvalue weighted by molar-refractivity contribution is 7.89. The smallest absolute Gasteiger partial charge is 0.314 e. The fraction of sp³-hybridized carbons (Fsp3) is 0.300. The summed E-state index contributed by atoms with van der Waals surface area (Å²) in [4.78, 5) is 30.2.